The Labute approximate surface area is 160 Å². The van der Waals surface area contributed by atoms with Gasteiger partial charge in [-0.3, -0.25) is 0 Å². The zero-order valence-corrected chi connectivity index (χ0v) is 16.4. The lowest BCUT2D eigenvalue weighted by atomic mass is 9.59. The average molecular weight is 390 g/mol. The normalized spacial score (nSPS) is 46.5. The zero-order valence-electron chi connectivity index (χ0n) is 16.4. The molecule has 1 saturated carbocycles. The summed E-state index contributed by atoms with van der Waals surface area (Å²) in [7, 11) is 0. The summed E-state index contributed by atoms with van der Waals surface area (Å²) < 4.78 is 11.3. The molecule has 0 spiro atoms. The van der Waals surface area contributed by atoms with E-state index in [1.165, 1.54) is 0 Å². The first kappa shape index (κ1) is 22.7. The van der Waals surface area contributed by atoms with E-state index < -0.39 is 54.4 Å². The van der Waals surface area contributed by atoms with E-state index >= 15 is 0 Å². The number of hydrogen-bond acceptors (Lipinski definition) is 8. The Bertz CT molecular complexity index is 520. The van der Waals surface area contributed by atoms with Crippen molar-refractivity contribution in [2.45, 2.75) is 89.1 Å². The number of ether oxygens (including phenoxy) is 2. The minimum absolute atomic E-state index is 0.203. The highest BCUT2D eigenvalue weighted by molar-refractivity contribution is 5.15. The summed E-state index contributed by atoms with van der Waals surface area (Å²) in [6, 6.07) is 0. The maximum atomic E-state index is 11.2. The third-order valence-electron chi connectivity index (χ3n) is 5.99. The molecule has 1 aliphatic heterocycles. The predicted octanol–water partition coefficient (Wildman–Crippen LogP) is -0.704. The second kappa shape index (κ2) is 8.42. The molecule has 9 atom stereocenters. The molecule has 2 rings (SSSR count). The molecule has 0 bridgehead atoms. The van der Waals surface area contributed by atoms with Crippen molar-refractivity contribution in [2.24, 2.45) is 11.3 Å². The van der Waals surface area contributed by atoms with Crippen LogP contribution in [0.15, 0.2) is 12.2 Å². The molecule has 0 radical (unpaired) electrons. The van der Waals surface area contributed by atoms with Gasteiger partial charge in [0.25, 0.3) is 0 Å². The van der Waals surface area contributed by atoms with E-state index in [1.807, 2.05) is 20.8 Å². The summed E-state index contributed by atoms with van der Waals surface area (Å²) in [5.41, 5.74) is -1.73. The molecule has 6 N–H and O–H groups in total. The van der Waals surface area contributed by atoms with Crippen LogP contribution in [0.2, 0.25) is 0 Å². The molecule has 1 saturated heterocycles. The minimum atomic E-state index is -1.49. The summed E-state index contributed by atoms with van der Waals surface area (Å²) >= 11 is 0. The molecule has 2 fully saturated rings. The van der Waals surface area contributed by atoms with Gasteiger partial charge in [-0.05, 0) is 31.1 Å². The number of aliphatic hydroxyl groups excluding tert-OH is 5. The molecular weight excluding hydrogens is 356 g/mol. The van der Waals surface area contributed by atoms with Gasteiger partial charge in [-0.2, -0.15) is 0 Å². The van der Waals surface area contributed by atoms with Gasteiger partial charge in [0.15, 0.2) is 6.29 Å². The van der Waals surface area contributed by atoms with Crippen LogP contribution in [-0.4, -0.2) is 85.8 Å². The largest absolute Gasteiger partial charge is 0.394 e. The van der Waals surface area contributed by atoms with Crippen LogP contribution in [0.25, 0.3) is 0 Å². The average Bonchev–Trinajstić information content (AvgIpc) is 2.58. The summed E-state index contributed by atoms with van der Waals surface area (Å²) in [6.07, 6.45) is -3.46. The molecule has 0 amide bonds. The van der Waals surface area contributed by atoms with Crippen LogP contribution in [0.5, 0.6) is 0 Å². The van der Waals surface area contributed by atoms with Gasteiger partial charge in [0.1, 0.15) is 24.4 Å². The lowest BCUT2D eigenvalue weighted by Gasteiger charge is -2.52. The fraction of sp³-hybridized carbons (Fsp3) is 0.895. The first-order valence-corrected chi connectivity index (χ1v) is 9.48. The van der Waals surface area contributed by atoms with Crippen LogP contribution < -0.4 is 0 Å². The quantitative estimate of drug-likeness (QED) is 0.339. The highest BCUT2D eigenvalue weighted by atomic mass is 16.7. The van der Waals surface area contributed by atoms with Gasteiger partial charge in [-0.15, -0.1) is 0 Å². The van der Waals surface area contributed by atoms with E-state index in [0.717, 1.165) is 0 Å². The Morgan fingerprint density at radius 1 is 1.19 bits per heavy atom. The van der Waals surface area contributed by atoms with Gasteiger partial charge < -0.3 is 40.1 Å². The Morgan fingerprint density at radius 2 is 1.81 bits per heavy atom. The number of hydrogen-bond donors (Lipinski definition) is 6. The molecule has 158 valence electrons. The van der Waals surface area contributed by atoms with Crippen LogP contribution in [-0.2, 0) is 9.47 Å². The van der Waals surface area contributed by atoms with Crippen molar-refractivity contribution >= 4 is 0 Å². The molecule has 8 heteroatoms. The first-order chi connectivity index (χ1) is 12.4. The van der Waals surface area contributed by atoms with Crippen LogP contribution in [0.3, 0.4) is 0 Å². The molecule has 1 heterocycles. The van der Waals surface area contributed by atoms with Crippen molar-refractivity contribution in [2.75, 3.05) is 6.61 Å². The molecular formula is C19H34O8. The monoisotopic (exact) mass is 390 g/mol. The van der Waals surface area contributed by atoms with Crippen molar-refractivity contribution in [1.29, 1.82) is 0 Å². The van der Waals surface area contributed by atoms with Gasteiger partial charge in [0.2, 0.25) is 0 Å². The molecule has 27 heavy (non-hydrogen) atoms. The molecule has 0 unspecified atom stereocenters. The van der Waals surface area contributed by atoms with Crippen LogP contribution in [0, 0.1) is 11.3 Å². The zero-order chi connectivity index (χ0) is 20.6. The number of aliphatic hydroxyl groups is 6. The van der Waals surface area contributed by atoms with Gasteiger partial charge >= 0.3 is 0 Å². The standard InChI is InChI=1S/C19H34O8/c1-10-7-12(8-18(3,4)19(10,25)6-5-11(2)21)26-17-16(24)15(23)14(22)13(9-20)27-17/h5-6,10-17,20-25H,7-9H2,1-4H3/b6-5+/t10-,11+,12+,13-,14-,15+,16-,17-,19-/m1/s1. The first-order valence-electron chi connectivity index (χ1n) is 9.48. The van der Waals surface area contributed by atoms with Crippen molar-refractivity contribution in [3.63, 3.8) is 0 Å². The lowest BCUT2D eigenvalue weighted by Crippen LogP contribution is -2.61. The Morgan fingerprint density at radius 3 is 2.33 bits per heavy atom. The smallest absolute Gasteiger partial charge is 0.186 e. The molecule has 2 aliphatic rings. The lowest BCUT2D eigenvalue weighted by molar-refractivity contribution is -0.319. The fourth-order valence-corrected chi connectivity index (χ4v) is 4.21. The van der Waals surface area contributed by atoms with Crippen LogP contribution in [0.4, 0.5) is 0 Å². The van der Waals surface area contributed by atoms with E-state index in [0.29, 0.717) is 12.8 Å². The second-order valence-corrected chi connectivity index (χ2v) is 8.61. The van der Waals surface area contributed by atoms with Gasteiger partial charge in [0, 0.05) is 0 Å². The molecule has 0 aromatic carbocycles. The number of rotatable bonds is 5. The topological polar surface area (TPSA) is 140 Å². The van der Waals surface area contributed by atoms with E-state index in [2.05, 4.69) is 0 Å². The van der Waals surface area contributed by atoms with E-state index in [9.17, 15) is 30.6 Å². The van der Waals surface area contributed by atoms with Crippen molar-refractivity contribution in [1.82, 2.24) is 0 Å². The minimum Gasteiger partial charge on any atom is -0.394 e. The SMILES string of the molecule is C[C@H](O)/C=C/[C@@]1(O)[C@H](C)C[C@H](O[C@@H]2O[C@H](CO)[C@@H](O)[C@H](O)[C@H]2O)CC1(C)C. The summed E-state index contributed by atoms with van der Waals surface area (Å²) in [5.74, 6) is -0.203. The van der Waals surface area contributed by atoms with E-state index in [-0.39, 0.29) is 12.0 Å². The maximum absolute atomic E-state index is 11.2. The fourth-order valence-electron chi connectivity index (χ4n) is 4.21. The van der Waals surface area contributed by atoms with Gasteiger partial charge in [-0.25, -0.2) is 0 Å². The Balaban J connectivity index is 2.12. The second-order valence-electron chi connectivity index (χ2n) is 8.61. The van der Waals surface area contributed by atoms with E-state index in [1.54, 1.807) is 19.1 Å². The van der Waals surface area contributed by atoms with Gasteiger partial charge in [-0.1, -0.05) is 32.9 Å². The third kappa shape index (κ3) is 4.54. The van der Waals surface area contributed by atoms with Gasteiger partial charge in [0.05, 0.1) is 24.4 Å². The molecule has 8 nitrogen and oxygen atoms in total. The summed E-state index contributed by atoms with van der Waals surface area (Å²) in [6.45, 7) is 6.79. The van der Waals surface area contributed by atoms with Crippen molar-refractivity contribution in [3.05, 3.63) is 12.2 Å². The Hall–Kier alpha value is -0.580. The van der Waals surface area contributed by atoms with Crippen LogP contribution >= 0.6 is 0 Å². The van der Waals surface area contributed by atoms with E-state index in [4.69, 9.17) is 9.47 Å². The summed E-state index contributed by atoms with van der Waals surface area (Å²) in [5, 5.41) is 60.0. The highest BCUT2D eigenvalue weighted by Gasteiger charge is 2.52. The predicted molar refractivity (Wildman–Crippen MR) is 96.6 cm³/mol. The van der Waals surface area contributed by atoms with Crippen molar-refractivity contribution < 1.29 is 40.1 Å². The van der Waals surface area contributed by atoms with Crippen LogP contribution in [0.1, 0.15) is 40.5 Å². The molecule has 1 aliphatic carbocycles. The highest BCUT2D eigenvalue weighted by Crippen LogP contribution is 2.49. The third-order valence-corrected chi connectivity index (χ3v) is 5.99. The Kier molecular flexibility index (Phi) is 7.08. The summed E-state index contributed by atoms with van der Waals surface area (Å²) in [4.78, 5) is 0. The maximum Gasteiger partial charge on any atom is 0.186 e. The van der Waals surface area contributed by atoms with Crippen molar-refractivity contribution in [3.8, 4) is 0 Å². The molecule has 0 aromatic heterocycles. The molecule has 0 aromatic rings.